The van der Waals surface area contributed by atoms with Crippen LogP contribution in [-0.2, 0) is 11.2 Å². The number of aromatic nitrogens is 3. The molecule has 146 valence electrons. The van der Waals surface area contributed by atoms with Crippen LogP contribution in [0.25, 0.3) is 0 Å². The van der Waals surface area contributed by atoms with Crippen LogP contribution in [0.2, 0.25) is 0 Å². The van der Waals surface area contributed by atoms with Gasteiger partial charge in [0.25, 0.3) is 5.91 Å². The smallest absolute Gasteiger partial charge is 0.360 e. The first-order valence-electron chi connectivity index (χ1n) is 8.39. The van der Waals surface area contributed by atoms with E-state index >= 15 is 0 Å². The van der Waals surface area contributed by atoms with Gasteiger partial charge in [-0.2, -0.15) is 4.37 Å². The molecule has 0 aliphatic heterocycles. The van der Waals surface area contributed by atoms with Gasteiger partial charge >= 0.3 is 5.97 Å². The molecule has 0 aliphatic carbocycles. The van der Waals surface area contributed by atoms with Crippen molar-refractivity contribution < 1.29 is 23.5 Å². The molecule has 0 unspecified atom stereocenters. The normalized spacial score (nSPS) is 10.5. The topological polar surface area (TPSA) is 116 Å². The average molecular weight is 402 g/mol. The maximum Gasteiger partial charge on any atom is 0.360 e. The van der Waals surface area contributed by atoms with Crippen LogP contribution in [0, 0.1) is 6.92 Å². The number of nitrogens with one attached hydrogen (secondary N) is 1. The molecule has 3 heterocycles. The van der Waals surface area contributed by atoms with Crippen LogP contribution in [0.15, 0.2) is 29.0 Å². The van der Waals surface area contributed by atoms with Crippen molar-refractivity contribution in [3.8, 4) is 5.88 Å². The van der Waals surface area contributed by atoms with Crippen LogP contribution >= 0.6 is 11.5 Å². The molecule has 0 aliphatic rings. The summed E-state index contributed by atoms with van der Waals surface area (Å²) in [6, 6.07) is 3.34. The second-order valence-corrected chi connectivity index (χ2v) is 6.49. The third-order valence-electron chi connectivity index (χ3n) is 3.71. The molecule has 28 heavy (non-hydrogen) atoms. The first-order valence-corrected chi connectivity index (χ1v) is 9.17. The second-order valence-electron chi connectivity index (χ2n) is 5.63. The number of anilines is 1. The van der Waals surface area contributed by atoms with E-state index in [0.29, 0.717) is 33.6 Å². The van der Waals surface area contributed by atoms with E-state index in [1.54, 1.807) is 26.0 Å². The number of aryl methyl sites for hydroxylation is 1. The van der Waals surface area contributed by atoms with Crippen molar-refractivity contribution in [2.75, 3.05) is 19.0 Å². The van der Waals surface area contributed by atoms with Gasteiger partial charge in [0.15, 0.2) is 11.6 Å². The highest BCUT2D eigenvalue weighted by Gasteiger charge is 2.21. The van der Waals surface area contributed by atoms with Crippen molar-refractivity contribution in [2.24, 2.45) is 0 Å². The molecule has 0 spiro atoms. The SMILES string of the molecule is CCOC(=O)c1coc(Cc2snc(C)c2C(=O)Nc2ccc(OC)nc2)n1. The summed E-state index contributed by atoms with van der Waals surface area (Å²) >= 11 is 1.18. The van der Waals surface area contributed by atoms with Gasteiger partial charge in [-0.1, -0.05) is 0 Å². The lowest BCUT2D eigenvalue weighted by molar-refractivity contribution is 0.0519. The molecular formula is C18H18N4O5S. The van der Waals surface area contributed by atoms with Crippen molar-refractivity contribution in [3.05, 3.63) is 52.3 Å². The summed E-state index contributed by atoms with van der Waals surface area (Å²) in [6.45, 7) is 3.71. The fourth-order valence-corrected chi connectivity index (χ4v) is 3.28. The van der Waals surface area contributed by atoms with Crippen LogP contribution in [0.1, 0.15) is 44.2 Å². The molecule has 0 radical (unpaired) electrons. The van der Waals surface area contributed by atoms with Gasteiger partial charge in [0.05, 0.1) is 43.3 Å². The fourth-order valence-electron chi connectivity index (χ4n) is 2.43. The number of carbonyl (C=O) groups excluding carboxylic acids is 2. The van der Waals surface area contributed by atoms with E-state index in [-0.39, 0.29) is 24.6 Å². The van der Waals surface area contributed by atoms with E-state index in [2.05, 4.69) is 19.7 Å². The van der Waals surface area contributed by atoms with E-state index in [0.717, 1.165) is 0 Å². The lowest BCUT2D eigenvalue weighted by Gasteiger charge is -2.06. The number of esters is 1. The van der Waals surface area contributed by atoms with E-state index < -0.39 is 5.97 Å². The third kappa shape index (κ3) is 4.34. The van der Waals surface area contributed by atoms with Crippen LogP contribution in [0.3, 0.4) is 0 Å². The maximum atomic E-state index is 12.7. The summed E-state index contributed by atoms with van der Waals surface area (Å²) < 4.78 is 19.5. The molecule has 3 rings (SSSR count). The minimum absolute atomic E-state index is 0.0911. The standard InChI is InChI=1S/C18H18N4O5S/c1-4-26-18(24)12-9-27-15(21-12)7-13-16(10(2)22-28-13)17(23)20-11-5-6-14(25-3)19-8-11/h5-6,8-9H,4,7H2,1-3H3,(H,20,23). The summed E-state index contributed by atoms with van der Waals surface area (Å²) in [4.78, 5) is 33.3. The number of pyridine rings is 1. The highest BCUT2D eigenvalue weighted by atomic mass is 32.1. The number of oxazole rings is 1. The van der Waals surface area contributed by atoms with Crippen molar-refractivity contribution in [3.63, 3.8) is 0 Å². The Bertz CT molecular complexity index is 980. The summed E-state index contributed by atoms with van der Waals surface area (Å²) in [7, 11) is 1.52. The number of ether oxygens (including phenoxy) is 2. The first kappa shape index (κ1) is 19.5. The number of carbonyl (C=O) groups is 2. The monoisotopic (exact) mass is 402 g/mol. The number of methoxy groups -OCH3 is 1. The number of amides is 1. The van der Waals surface area contributed by atoms with Gasteiger partial charge in [-0.3, -0.25) is 4.79 Å². The Morgan fingerprint density at radius 1 is 1.32 bits per heavy atom. The van der Waals surface area contributed by atoms with E-state index in [4.69, 9.17) is 13.9 Å². The van der Waals surface area contributed by atoms with Crippen LogP contribution in [0.5, 0.6) is 5.88 Å². The maximum absolute atomic E-state index is 12.7. The summed E-state index contributed by atoms with van der Waals surface area (Å²) in [5.74, 6) is -0.117. The Kier molecular flexibility index (Phi) is 5.99. The summed E-state index contributed by atoms with van der Waals surface area (Å²) in [5, 5.41) is 2.79. The van der Waals surface area contributed by atoms with Crippen LogP contribution < -0.4 is 10.1 Å². The first-order chi connectivity index (χ1) is 13.5. The Hall–Kier alpha value is -3.27. The van der Waals surface area contributed by atoms with Gasteiger partial charge in [-0.15, -0.1) is 0 Å². The van der Waals surface area contributed by atoms with Gasteiger partial charge in [0, 0.05) is 10.9 Å². The molecule has 0 atom stereocenters. The van der Waals surface area contributed by atoms with Crippen LogP contribution in [-0.4, -0.2) is 39.9 Å². The molecule has 0 fully saturated rings. The Morgan fingerprint density at radius 2 is 2.14 bits per heavy atom. The lowest BCUT2D eigenvalue weighted by atomic mass is 10.1. The van der Waals surface area contributed by atoms with Gasteiger partial charge < -0.3 is 19.2 Å². The zero-order valence-electron chi connectivity index (χ0n) is 15.5. The fraction of sp³-hybridized carbons (Fsp3) is 0.278. The molecule has 1 amide bonds. The van der Waals surface area contributed by atoms with E-state index in [1.807, 2.05) is 0 Å². The van der Waals surface area contributed by atoms with Crippen molar-refractivity contribution in [1.29, 1.82) is 0 Å². The minimum atomic E-state index is -0.553. The molecule has 9 nitrogen and oxygen atoms in total. The zero-order valence-corrected chi connectivity index (χ0v) is 16.3. The van der Waals surface area contributed by atoms with Gasteiger partial charge in [0.2, 0.25) is 5.88 Å². The molecule has 0 saturated heterocycles. The second kappa shape index (κ2) is 8.61. The third-order valence-corrected chi connectivity index (χ3v) is 4.65. The van der Waals surface area contributed by atoms with Crippen LogP contribution in [0.4, 0.5) is 5.69 Å². The van der Waals surface area contributed by atoms with Crippen molar-refractivity contribution in [2.45, 2.75) is 20.3 Å². The predicted octanol–water partition coefficient (Wildman–Crippen LogP) is 2.86. The quantitative estimate of drug-likeness (QED) is 0.600. The molecule has 3 aromatic rings. The average Bonchev–Trinajstić information content (AvgIpc) is 3.30. The van der Waals surface area contributed by atoms with Crippen molar-refractivity contribution in [1.82, 2.24) is 14.3 Å². The predicted molar refractivity (Wildman–Crippen MR) is 101 cm³/mol. The van der Waals surface area contributed by atoms with E-state index in [1.165, 1.54) is 31.1 Å². The molecule has 1 N–H and O–H groups in total. The molecule has 10 heteroatoms. The molecule has 0 saturated carbocycles. The number of hydrogen-bond donors (Lipinski definition) is 1. The Balaban J connectivity index is 1.75. The molecule has 3 aromatic heterocycles. The number of nitrogens with zero attached hydrogens (tertiary/aromatic N) is 3. The zero-order chi connectivity index (χ0) is 20.1. The highest BCUT2D eigenvalue weighted by molar-refractivity contribution is 7.06. The highest BCUT2D eigenvalue weighted by Crippen LogP contribution is 2.23. The van der Waals surface area contributed by atoms with Gasteiger partial charge in [0.1, 0.15) is 6.26 Å². The molecular weight excluding hydrogens is 384 g/mol. The Morgan fingerprint density at radius 3 is 2.82 bits per heavy atom. The molecule has 0 bridgehead atoms. The summed E-state index contributed by atoms with van der Waals surface area (Å²) in [5.41, 5.74) is 1.66. The minimum Gasteiger partial charge on any atom is -0.481 e. The number of rotatable bonds is 7. The largest absolute Gasteiger partial charge is 0.481 e. The van der Waals surface area contributed by atoms with Crippen molar-refractivity contribution >= 4 is 29.1 Å². The molecule has 0 aromatic carbocycles. The lowest BCUT2D eigenvalue weighted by Crippen LogP contribution is -2.14. The Labute approximate surface area is 164 Å². The number of hydrogen-bond acceptors (Lipinski definition) is 9. The van der Waals surface area contributed by atoms with Gasteiger partial charge in [-0.05, 0) is 31.4 Å². The van der Waals surface area contributed by atoms with Gasteiger partial charge in [-0.25, -0.2) is 14.8 Å². The summed E-state index contributed by atoms with van der Waals surface area (Å²) in [6.07, 6.45) is 2.98. The van der Waals surface area contributed by atoms with E-state index in [9.17, 15) is 9.59 Å².